The number of carbonyl (C=O) groups excluding carboxylic acids is 2. The number of nitrogens with zero attached hydrogens (tertiary/aromatic N) is 2. The lowest BCUT2D eigenvalue weighted by Crippen LogP contribution is -2.27. The van der Waals surface area contributed by atoms with Gasteiger partial charge in [0.15, 0.2) is 0 Å². The number of aromatic nitrogens is 2. The van der Waals surface area contributed by atoms with Gasteiger partial charge >= 0.3 is 5.97 Å². The number of ether oxygens (including phenoxy) is 1. The largest absolute Gasteiger partial charge is 0.469 e. The molecule has 0 atom stereocenters. The maximum Gasteiger partial charge on any atom is 0.307 e. The van der Waals surface area contributed by atoms with Crippen molar-refractivity contribution in [2.45, 2.75) is 19.8 Å². The van der Waals surface area contributed by atoms with Crippen LogP contribution >= 0.6 is 11.6 Å². The van der Waals surface area contributed by atoms with Crippen molar-refractivity contribution in [1.29, 1.82) is 0 Å². The van der Waals surface area contributed by atoms with Crippen molar-refractivity contribution < 1.29 is 14.3 Å². The summed E-state index contributed by atoms with van der Waals surface area (Å²) in [6.45, 7) is 2.17. The van der Waals surface area contributed by atoms with E-state index in [-0.39, 0.29) is 24.8 Å². The molecule has 0 spiro atoms. The monoisotopic (exact) mass is 335 g/mol. The number of carbonyl (C=O) groups is 2. The summed E-state index contributed by atoms with van der Waals surface area (Å²) in [4.78, 5) is 23.3. The second kappa shape index (κ2) is 7.78. The topological polar surface area (TPSA) is 73.2 Å². The van der Waals surface area contributed by atoms with Gasteiger partial charge in [0, 0.05) is 11.6 Å². The van der Waals surface area contributed by atoms with Crippen LogP contribution in [0, 0.1) is 0 Å². The quantitative estimate of drug-likeness (QED) is 0.823. The maximum absolute atomic E-state index is 12.3. The number of nitrogens with one attached hydrogen (secondary N) is 1. The third-order valence-corrected chi connectivity index (χ3v) is 3.58. The molecule has 1 amide bonds. The summed E-state index contributed by atoms with van der Waals surface area (Å²) in [7, 11) is 1.31. The van der Waals surface area contributed by atoms with Crippen LogP contribution in [0.25, 0.3) is 5.69 Å². The maximum atomic E-state index is 12.3. The highest BCUT2D eigenvalue weighted by Gasteiger charge is 2.17. The molecule has 2 aromatic rings. The van der Waals surface area contributed by atoms with E-state index >= 15 is 0 Å². The van der Waals surface area contributed by atoms with Crippen molar-refractivity contribution in [3.8, 4) is 5.69 Å². The molecule has 2 rings (SSSR count). The van der Waals surface area contributed by atoms with Gasteiger partial charge in [0.1, 0.15) is 0 Å². The van der Waals surface area contributed by atoms with Crippen molar-refractivity contribution >= 4 is 23.5 Å². The molecule has 1 aromatic carbocycles. The number of hydrogen-bond acceptors (Lipinski definition) is 4. The fourth-order valence-corrected chi connectivity index (χ4v) is 2.39. The Morgan fingerprint density at radius 1 is 1.39 bits per heavy atom. The molecular weight excluding hydrogens is 318 g/mol. The Hall–Kier alpha value is -2.34. The molecule has 0 radical (unpaired) electrons. The first-order valence-corrected chi connectivity index (χ1v) is 7.62. The average Bonchev–Trinajstić information content (AvgIpc) is 2.98. The van der Waals surface area contributed by atoms with Gasteiger partial charge in [0.2, 0.25) is 0 Å². The van der Waals surface area contributed by atoms with Gasteiger partial charge in [-0.25, -0.2) is 4.68 Å². The normalized spacial score (nSPS) is 10.4. The van der Waals surface area contributed by atoms with Gasteiger partial charge in [-0.15, -0.1) is 0 Å². The van der Waals surface area contributed by atoms with Crippen LogP contribution in [-0.4, -0.2) is 35.3 Å². The first-order chi connectivity index (χ1) is 11.1. The summed E-state index contributed by atoms with van der Waals surface area (Å²) < 4.78 is 6.23. The second-order valence-electron chi connectivity index (χ2n) is 4.83. The Morgan fingerprint density at radius 3 is 2.83 bits per heavy atom. The highest BCUT2D eigenvalue weighted by molar-refractivity contribution is 6.30. The number of hydrogen-bond donors (Lipinski definition) is 1. The number of rotatable bonds is 6. The van der Waals surface area contributed by atoms with Gasteiger partial charge in [0.25, 0.3) is 5.91 Å². The number of methoxy groups -OCH3 is 1. The van der Waals surface area contributed by atoms with Gasteiger partial charge in [-0.1, -0.05) is 24.6 Å². The van der Waals surface area contributed by atoms with Crippen LogP contribution < -0.4 is 5.32 Å². The SMILES string of the molecule is CCc1c(C(=O)NCCC(=O)OC)cnn1-c1cccc(Cl)c1. The lowest BCUT2D eigenvalue weighted by molar-refractivity contribution is -0.140. The number of esters is 1. The molecule has 0 aliphatic heterocycles. The third-order valence-electron chi connectivity index (χ3n) is 3.34. The first kappa shape index (κ1) is 17.0. The van der Waals surface area contributed by atoms with Gasteiger partial charge in [-0.05, 0) is 24.6 Å². The Labute approximate surface area is 139 Å². The Kier molecular flexibility index (Phi) is 5.76. The number of amides is 1. The summed E-state index contributed by atoms with van der Waals surface area (Å²) in [5.41, 5.74) is 2.06. The van der Waals surface area contributed by atoms with Crippen molar-refractivity contribution in [2.24, 2.45) is 0 Å². The molecule has 23 heavy (non-hydrogen) atoms. The van der Waals surface area contributed by atoms with E-state index in [4.69, 9.17) is 11.6 Å². The van der Waals surface area contributed by atoms with E-state index in [2.05, 4.69) is 15.2 Å². The predicted molar refractivity (Wildman–Crippen MR) is 86.9 cm³/mol. The Morgan fingerprint density at radius 2 is 2.17 bits per heavy atom. The molecule has 0 aliphatic rings. The van der Waals surface area contributed by atoms with Crippen LogP contribution in [0.15, 0.2) is 30.5 Å². The number of benzene rings is 1. The van der Waals surface area contributed by atoms with Gasteiger partial charge in [-0.2, -0.15) is 5.10 Å². The Balaban J connectivity index is 2.17. The van der Waals surface area contributed by atoms with Crippen LogP contribution in [0.5, 0.6) is 0 Å². The summed E-state index contributed by atoms with van der Waals surface area (Å²) >= 11 is 6.01. The minimum absolute atomic E-state index is 0.131. The van der Waals surface area contributed by atoms with Crippen LogP contribution in [0.3, 0.4) is 0 Å². The van der Waals surface area contributed by atoms with Crippen LogP contribution in [0.2, 0.25) is 5.02 Å². The van der Waals surface area contributed by atoms with E-state index < -0.39 is 0 Å². The summed E-state index contributed by atoms with van der Waals surface area (Å²) in [5.74, 6) is -0.630. The van der Waals surface area contributed by atoms with E-state index in [0.29, 0.717) is 17.0 Å². The van der Waals surface area contributed by atoms with Crippen molar-refractivity contribution in [3.05, 3.63) is 46.7 Å². The van der Waals surface area contributed by atoms with E-state index in [1.807, 2.05) is 19.1 Å². The van der Waals surface area contributed by atoms with Crippen LogP contribution in [0.1, 0.15) is 29.4 Å². The Bertz CT molecular complexity index is 712. The van der Waals surface area contributed by atoms with Crippen LogP contribution in [-0.2, 0) is 16.0 Å². The fourth-order valence-electron chi connectivity index (χ4n) is 2.21. The standard InChI is InChI=1S/C16H18ClN3O3/c1-3-14-13(16(22)18-8-7-15(21)23-2)10-19-20(14)12-6-4-5-11(17)9-12/h4-6,9-10H,3,7-8H2,1-2H3,(H,18,22). The van der Waals surface area contributed by atoms with Crippen molar-refractivity contribution in [1.82, 2.24) is 15.1 Å². The van der Waals surface area contributed by atoms with Crippen molar-refractivity contribution in [3.63, 3.8) is 0 Å². The fraction of sp³-hybridized carbons (Fsp3) is 0.312. The third kappa shape index (κ3) is 4.10. The highest BCUT2D eigenvalue weighted by Crippen LogP contribution is 2.19. The highest BCUT2D eigenvalue weighted by atomic mass is 35.5. The number of halogens is 1. The van der Waals surface area contributed by atoms with Gasteiger partial charge in [-0.3, -0.25) is 9.59 Å². The summed E-state index contributed by atoms with van der Waals surface area (Å²) in [5, 5.41) is 7.58. The summed E-state index contributed by atoms with van der Waals surface area (Å²) in [6, 6.07) is 7.26. The van der Waals surface area contributed by atoms with Crippen molar-refractivity contribution in [2.75, 3.05) is 13.7 Å². The molecule has 1 heterocycles. The molecule has 6 nitrogen and oxygen atoms in total. The van der Waals surface area contributed by atoms with E-state index in [9.17, 15) is 9.59 Å². The molecule has 0 unspecified atom stereocenters. The molecule has 1 aromatic heterocycles. The molecule has 0 saturated heterocycles. The lowest BCUT2D eigenvalue weighted by Gasteiger charge is -2.08. The van der Waals surface area contributed by atoms with Gasteiger partial charge < -0.3 is 10.1 Å². The zero-order valence-electron chi connectivity index (χ0n) is 13.0. The molecule has 0 fully saturated rings. The zero-order valence-corrected chi connectivity index (χ0v) is 13.8. The molecule has 1 N–H and O–H groups in total. The molecule has 0 aliphatic carbocycles. The average molecular weight is 336 g/mol. The van der Waals surface area contributed by atoms with E-state index in [1.165, 1.54) is 13.3 Å². The van der Waals surface area contributed by atoms with E-state index in [1.54, 1.807) is 16.8 Å². The first-order valence-electron chi connectivity index (χ1n) is 7.24. The molecule has 7 heteroatoms. The smallest absolute Gasteiger partial charge is 0.307 e. The second-order valence-corrected chi connectivity index (χ2v) is 5.27. The predicted octanol–water partition coefficient (Wildman–Crippen LogP) is 2.38. The molecular formula is C16H18ClN3O3. The van der Waals surface area contributed by atoms with Gasteiger partial charge in [0.05, 0.1) is 36.7 Å². The minimum Gasteiger partial charge on any atom is -0.469 e. The molecule has 122 valence electrons. The zero-order chi connectivity index (χ0) is 16.8. The molecule has 0 saturated carbocycles. The van der Waals surface area contributed by atoms with Crippen LogP contribution in [0.4, 0.5) is 0 Å². The minimum atomic E-state index is -0.365. The lowest BCUT2D eigenvalue weighted by atomic mass is 10.2. The van der Waals surface area contributed by atoms with E-state index in [0.717, 1.165) is 11.4 Å². The summed E-state index contributed by atoms with van der Waals surface area (Å²) in [6.07, 6.45) is 2.28. The molecule has 0 bridgehead atoms.